The van der Waals surface area contributed by atoms with Crippen molar-refractivity contribution in [2.45, 2.75) is 27.7 Å². The van der Waals surface area contributed by atoms with Crippen LogP contribution in [0.4, 0.5) is 0 Å². The molecule has 0 rings (SSSR count). The molecule has 0 saturated carbocycles. The van der Waals surface area contributed by atoms with Crippen LogP contribution in [0.15, 0.2) is 12.2 Å². The monoisotopic (exact) mass is 139 g/mol. The van der Waals surface area contributed by atoms with E-state index >= 15 is 0 Å². The molecule has 0 bridgehead atoms. The standard InChI is InChI=1S/C9H17N/c1-5-6-9(10)8(4)7(2)3/h5-8,10H,1-4H3/b6-5-,10-9?/t8-/m0/s1. The second-order valence-electron chi connectivity index (χ2n) is 2.99. The van der Waals surface area contributed by atoms with Crippen molar-refractivity contribution in [3.63, 3.8) is 0 Å². The molecule has 0 fully saturated rings. The van der Waals surface area contributed by atoms with Crippen molar-refractivity contribution in [3.05, 3.63) is 12.2 Å². The molecule has 0 saturated heterocycles. The minimum absolute atomic E-state index is 0.385. The summed E-state index contributed by atoms with van der Waals surface area (Å²) in [6.45, 7) is 8.32. The molecule has 1 nitrogen and oxygen atoms in total. The molecule has 0 aliphatic heterocycles. The normalized spacial score (nSPS) is 14.5. The van der Waals surface area contributed by atoms with Gasteiger partial charge in [0.2, 0.25) is 0 Å². The summed E-state index contributed by atoms with van der Waals surface area (Å²) < 4.78 is 0. The van der Waals surface area contributed by atoms with E-state index in [9.17, 15) is 0 Å². The topological polar surface area (TPSA) is 23.9 Å². The van der Waals surface area contributed by atoms with Gasteiger partial charge in [-0.1, -0.05) is 26.8 Å². The van der Waals surface area contributed by atoms with E-state index in [0.717, 1.165) is 5.71 Å². The van der Waals surface area contributed by atoms with Crippen molar-refractivity contribution < 1.29 is 0 Å². The third-order valence-corrected chi connectivity index (χ3v) is 1.84. The lowest BCUT2D eigenvalue weighted by molar-refractivity contribution is 0.532. The molecule has 0 aromatic carbocycles. The molecule has 10 heavy (non-hydrogen) atoms. The Labute approximate surface area is 63.7 Å². The minimum Gasteiger partial charge on any atom is -0.305 e. The summed E-state index contributed by atoms with van der Waals surface area (Å²) in [5.41, 5.74) is 0.734. The third-order valence-electron chi connectivity index (χ3n) is 1.84. The highest BCUT2D eigenvalue weighted by molar-refractivity contribution is 5.93. The molecule has 0 unspecified atom stereocenters. The zero-order chi connectivity index (χ0) is 8.15. The Bertz CT molecular complexity index is 134. The molecular formula is C9H17N. The maximum atomic E-state index is 7.54. The van der Waals surface area contributed by atoms with Gasteiger partial charge in [-0.25, -0.2) is 0 Å². The van der Waals surface area contributed by atoms with E-state index < -0.39 is 0 Å². The van der Waals surface area contributed by atoms with Gasteiger partial charge in [-0.05, 0) is 24.8 Å². The summed E-state index contributed by atoms with van der Waals surface area (Å²) >= 11 is 0. The van der Waals surface area contributed by atoms with Crippen molar-refractivity contribution in [2.75, 3.05) is 0 Å². The Balaban J connectivity index is 3.95. The van der Waals surface area contributed by atoms with Gasteiger partial charge in [0.05, 0.1) is 0 Å². The van der Waals surface area contributed by atoms with Crippen LogP contribution in [0.5, 0.6) is 0 Å². The van der Waals surface area contributed by atoms with Gasteiger partial charge in [0, 0.05) is 5.71 Å². The summed E-state index contributed by atoms with van der Waals surface area (Å²) in [6.07, 6.45) is 3.78. The van der Waals surface area contributed by atoms with Gasteiger partial charge in [-0.2, -0.15) is 0 Å². The smallest absolute Gasteiger partial charge is 0.0341 e. The van der Waals surface area contributed by atoms with E-state index in [4.69, 9.17) is 5.41 Å². The van der Waals surface area contributed by atoms with E-state index in [-0.39, 0.29) is 0 Å². The molecule has 0 aromatic heterocycles. The quantitative estimate of drug-likeness (QED) is 0.581. The van der Waals surface area contributed by atoms with Crippen LogP contribution < -0.4 is 0 Å². The first-order valence-electron chi connectivity index (χ1n) is 3.80. The number of nitrogens with one attached hydrogen (secondary N) is 1. The Hall–Kier alpha value is -0.590. The second kappa shape index (κ2) is 4.26. The summed E-state index contributed by atoms with van der Waals surface area (Å²) in [7, 11) is 0. The SMILES string of the molecule is C/C=C\C(=N)[C@@H](C)C(C)C. The van der Waals surface area contributed by atoms with Crippen molar-refractivity contribution in [2.24, 2.45) is 11.8 Å². The van der Waals surface area contributed by atoms with E-state index in [1.54, 1.807) is 0 Å². The fourth-order valence-corrected chi connectivity index (χ4v) is 0.690. The summed E-state index contributed by atoms with van der Waals surface area (Å²) in [6, 6.07) is 0. The average Bonchev–Trinajstić information content (AvgIpc) is 1.87. The maximum Gasteiger partial charge on any atom is 0.0341 e. The van der Waals surface area contributed by atoms with E-state index in [1.165, 1.54) is 0 Å². The molecular weight excluding hydrogens is 122 g/mol. The first kappa shape index (κ1) is 9.41. The molecule has 0 radical (unpaired) electrons. The van der Waals surface area contributed by atoms with Gasteiger partial charge in [0.15, 0.2) is 0 Å². The van der Waals surface area contributed by atoms with E-state index in [0.29, 0.717) is 11.8 Å². The van der Waals surface area contributed by atoms with Crippen molar-refractivity contribution in [1.82, 2.24) is 0 Å². The van der Waals surface area contributed by atoms with Crippen LogP contribution in [0.25, 0.3) is 0 Å². The Morgan fingerprint density at radius 2 is 1.80 bits per heavy atom. The number of hydrogen-bond acceptors (Lipinski definition) is 1. The molecule has 58 valence electrons. The third kappa shape index (κ3) is 2.81. The van der Waals surface area contributed by atoms with E-state index in [2.05, 4.69) is 20.8 Å². The van der Waals surface area contributed by atoms with Crippen molar-refractivity contribution in [1.29, 1.82) is 5.41 Å². The molecule has 0 amide bonds. The molecule has 0 aliphatic carbocycles. The second-order valence-corrected chi connectivity index (χ2v) is 2.99. The van der Waals surface area contributed by atoms with Gasteiger partial charge < -0.3 is 5.41 Å². The van der Waals surface area contributed by atoms with Gasteiger partial charge in [0.25, 0.3) is 0 Å². The lowest BCUT2D eigenvalue weighted by Crippen LogP contribution is -2.13. The van der Waals surface area contributed by atoms with Crippen LogP contribution >= 0.6 is 0 Å². The van der Waals surface area contributed by atoms with Crippen LogP contribution in [0.2, 0.25) is 0 Å². The van der Waals surface area contributed by atoms with Crippen LogP contribution in [0.3, 0.4) is 0 Å². The van der Waals surface area contributed by atoms with Gasteiger partial charge in [-0.15, -0.1) is 0 Å². The minimum atomic E-state index is 0.385. The van der Waals surface area contributed by atoms with Gasteiger partial charge in [0.1, 0.15) is 0 Å². The largest absolute Gasteiger partial charge is 0.305 e. The van der Waals surface area contributed by atoms with E-state index in [1.807, 2.05) is 19.1 Å². The van der Waals surface area contributed by atoms with Crippen LogP contribution in [-0.2, 0) is 0 Å². The predicted octanol–water partition coefficient (Wildman–Crippen LogP) is 2.87. The van der Waals surface area contributed by atoms with Crippen LogP contribution in [0.1, 0.15) is 27.7 Å². The molecule has 1 N–H and O–H groups in total. The molecule has 0 spiro atoms. The fraction of sp³-hybridized carbons (Fsp3) is 0.667. The summed E-state index contributed by atoms with van der Waals surface area (Å²) in [5.74, 6) is 0.958. The first-order chi connectivity index (χ1) is 4.59. The lowest BCUT2D eigenvalue weighted by Gasteiger charge is -2.13. The van der Waals surface area contributed by atoms with Gasteiger partial charge >= 0.3 is 0 Å². The fourth-order valence-electron chi connectivity index (χ4n) is 0.690. The van der Waals surface area contributed by atoms with Crippen LogP contribution in [-0.4, -0.2) is 5.71 Å². The molecule has 0 aliphatic rings. The number of rotatable bonds is 3. The highest BCUT2D eigenvalue weighted by Crippen LogP contribution is 2.11. The molecule has 0 aromatic rings. The Morgan fingerprint density at radius 3 is 2.10 bits per heavy atom. The van der Waals surface area contributed by atoms with Crippen LogP contribution in [0, 0.1) is 17.2 Å². The highest BCUT2D eigenvalue weighted by atomic mass is 14.4. The highest BCUT2D eigenvalue weighted by Gasteiger charge is 2.09. The number of hydrogen-bond donors (Lipinski definition) is 1. The lowest BCUT2D eigenvalue weighted by atomic mass is 9.93. The zero-order valence-electron chi connectivity index (χ0n) is 7.31. The van der Waals surface area contributed by atoms with Crippen molar-refractivity contribution in [3.8, 4) is 0 Å². The summed E-state index contributed by atoms with van der Waals surface area (Å²) in [5, 5.41) is 7.54. The number of allylic oxidation sites excluding steroid dienone is 2. The summed E-state index contributed by atoms with van der Waals surface area (Å²) in [4.78, 5) is 0. The zero-order valence-corrected chi connectivity index (χ0v) is 7.31. The molecule has 1 heteroatoms. The van der Waals surface area contributed by atoms with Gasteiger partial charge in [-0.3, -0.25) is 0 Å². The molecule has 1 atom stereocenters. The first-order valence-corrected chi connectivity index (χ1v) is 3.80. The predicted molar refractivity (Wildman–Crippen MR) is 46.5 cm³/mol. The Kier molecular flexibility index (Phi) is 4.01. The maximum absolute atomic E-state index is 7.54. The Morgan fingerprint density at radius 1 is 1.30 bits per heavy atom. The van der Waals surface area contributed by atoms with Crippen molar-refractivity contribution >= 4 is 5.71 Å². The average molecular weight is 139 g/mol. The molecule has 0 heterocycles.